The molecule has 0 amide bonds. The van der Waals surface area contributed by atoms with Crippen LogP contribution in [-0.2, 0) is 32.7 Å². The molecule has 0 fully saturated rings. The van der Waals surface area contributed by atoms with Crippen LogP contribution in [0.4, 0.5) is 0 Å². The molecule has 0 saturated heterocycles. The summed E-state index contributed by atoms with van der Waals surface area (Å²) in [7, 11) is -4.36. The Labute approximate surface area is 249 Å². The van der Waals surface area contributed by atoms with E-state index in [2.05, 4.69) is 26.0 Å². The standard InChI is InChI=1S/C31H60NO8P/c1-3-5-7-9-11-13-15-17-19-21-23-30(33)37-27-29(28-39-41(35,36)38-26-25-32)40-31(34)24-22-20-18-16-14-12-10-8-6-4-2/h8,10,29H,3-7,9,11-28,32H2,1-2H3,(H,35,36)/b10-8-/t29-/m1/s1. The number of hydrogen-bond donors (Lipinski definition) is 2. The van der Waals surface area contributed by atoms with Crippen molar-refractivity contribution in [2.45, 2.75) is 148 Å². The number of allylic oxidation sites excluding steroid dienone is 2. The van der Waals surface area contributed by atoms with Gasteiger partial charge in [0.05, 0.1) is 13.2 Å². The van der Waals surface area contributed by atoms with Crippen LogP contribution in [0.15, 0.2) is 12.2 Å². The largest absolute Gasteiger partial charge is 0.472 e. The Kier molecular flexibility index (Phi) is 28.0. The molecule has 0 heterocycles. The van der Waals surface area contributed by atoms with Crippen molar-refractivity contribution in [2.24, 2.45) is 5.73 Å². The van der Waals surface area contributed by atoms with E-state index in [4.69, 9.17) is 24.3 Å². The summed E-state index contributed by atoms with van der Waals surface area (Å²) in [6.45, 7) is 3.61. The van der Waals surface area contributed by atoms with Crippen molar-refractivity contribution in [1.29, 1.82) is 0 Å². The maximum absolute atomic E-state index is 12.4. The fourth-order valence-electron chi connectivity index (χ4n) is 4.22. The molecule has 0 aromatic carbocycles. The molecular formula is C31H60NO8P. The Morgan fingerprint density at radius 2 is 1.24 bits per heavy atom. The molecule has 1 unspecified atom stereocenters. The first kappa shape index (κ1) is 39.8. The van der Waals surface area contributed by atoms with Gasteiger partial charge in [0.1, 0.15) is 6.61 Å². The highest BCUT2D eigenvalue weighted by molar-refractivity contribution is 7.47. The van der Waals surface area contributed by atoms with Crippen molar-refractivity contribution >= 4 is 19.8 Å². The van der Waals surface area contributed by atoms with Crippen LogP contribution in [0.2, 0.25) is 0 Å². The summed E-state index contributed by atoms with van der Waals surface area (Å²) >= 11 is 0. The molecule has 2 atom stereocenters. The molecule has 9 nitrogen and oxygen atoms in total. The minimum atomic E-state index is -4.36. The Morgan fingerprint density at radius 1 is 0.707 bits per heavy atom. The van der Waals surface area contributed by atoms with Gasteiger partial charge in [0.2, 0.25) is 0 Å². The monoisotopic (exact) mass is 605 g/mol. The molecule has 0 bridgehead atoms. The van der Waals surface area contributed by atoms with E-state index < -0.39 is 26.5 Å². The molecule has 10 heteroatoms. The van der Waals surface area contributed by atoms with Crippen LogP contribution < -0.4 is 5.73 Å². The van der Waals surface area contributed by atoms with Crippen LogP contribution in [0.1, 0.15) is 142 Å². The summed E-state index contributed by atoms with van der Waals surface area (Å²) in [4.78, 5) is 34.4. The Balaban J connectivity index is 4.32. The molecule has 0 saturated carbocycles. The fraction of sp³-hybridized carbons (Fsp3) is 0.871. The normalized spacial score (nSPS) is 13.8. The van der Waals surface area contributed by atoms with Gasteiger partial charge in [-0.2, -0.15) is 0 Å². The highest BCUT2D eigenvalue weighted by Gasteiger charge is 2.25. The molecule has 242 valence electrons. The van der Waals surface area contributed by atoms with E-state index in [0.29, 0.717) is 6.42 Å². The number of esters is 2. The quantitative estimate of drug-likeness (QED) is 0.0362. The second-order valence-corrected chi connectivity index (χ2v) is 12.1. The number of carbonyl (C=O) groups excluding carboxylic acids is 2. The van der Waals surface area contributed by atoms with E-state index in [1.54, 1.807) is 0 Å². The summed E-state index contributed by atoms with van der Waals surface area (Å²) in [5.74, 6) is -0.843. The van der Waals surface area contributed by atoms with Crippen LogP contribution in [0.3, 0.4) is 0 Å². The topological polar surface area (TPSA) is 134 Å². The number of hydrogen-bond acceptors (Lipinski definition) is 8. The first-order valence-electron chi connectivity index (χ1n) is 16.2. The van der Waals surface area contributed by atoms with Crippen molar-refractivity contribution in [3.8, 4) is 0 Å². The second kappa shape index (κ2) is 28.9. The van der Waals surface area contributed by atoms with Crippen molar-refractivity contribution in [2.75, 3.05) is 26.4 Å². The highest BCUT2D eigenvalue weighted by Crippen LogP contribution is 2.43. The molecule has 0 aliphatic heterocycles. The zero-order valence-electron chi connectivity index (χ0n) is 26.0. The molecule has 41 heavy (non-hydrogen) atoms. The number of phosphoric ester groups is 1. The molecule has 0 radical (unpaired) electrons. The van der Waals surface area contributed by atoms with Gasteiger partial charge < -0.3 is 20.1 Å². The van der Waals surface area contributed by atoms with Gasteiger partial charge in [0.15, 0.2) is 6.10 Å². The lowest BCUT2D eigenvalue weighted by Crippen LogP contribution is -2.29. The first-order valence-corrected chi connectivity index (χ1v) is 17.7. The van der Waals surface area contributed by atoms with E-state index in [1.165, 1.54) is 51.4 Å². The average molecular weight is 606 g/mol. The average Bonchev–Trinajstić information content (AvgIpc) is 2.95. The number of carbonyl (C=O) groups is 2. The van der Waals surface area contributed by atoms with Crippen molar-refractivity contribution in [3.63, 3.8) is 0 Å². The zero-order chi connectivity index (χ0) is 30.4. The molecular weight excluding hydrogens is 545 g/mol. The summed E-state index contributed by atoms with van der Waals surface area (Å²) in [5, 5.41) is 0. The summed E-state index contributed by atoms with van der Waals surface area (Å²) in [6.07, 6.45) is 24.0. The van der Waals surface area contributed by atoms with Crippen molar-refractivity contribution < 1.29 is 37.6 Å². The van der Waals surface area contributed by atoms with E-state index in [0.717, 1.165) is 57.8 Å². The Bertz CT molecular complexity index is 704. The van der Waals surface area contributed by atoms with Gasteiger partial charge in [-0.1, -0.05) is 109 Å². The third-order valence-corrected chi connectivity index (χ3v) is 7.62. The first-order chi connectivity index (χ1) is 19.8. The SMILES string of the molecule is CCC/C=C\CCCCCCCC(=O)O[C@H](COC(=O)CCCCCCCCCCCC)COP(=O)(O)OCCN. The van der Waals surface area contributed by atoms with Gasteiger partial charge in [-0.25, -0.2) is 4.57 Å². The highest BCUT2D eigenvalue weighted by atomic mass is 31.2. The van der Waals surface area contributed by atoms with E-state index >= 15 is 0 Å². The molecule has 0 aliphatic rings. The van der Waals surface area contributed by atoms with Crippen LogP contribution in [-0.4, -0.2) is 49.3 Å². The van der Waals surface area contributed by atoms with E-state index in [-0.39, 0.29) is 38.6 Å². The lowest BCUT2D eigenvalue weighted by molar-refractivity contribution is -0.161. The molecule has 0 aliphatic carbocycles. The smallest absolute Gasteiger partial charge is 0.462 e. The van der Waals surface area contributed by atoms with E-state index in [9.17, 15) is 19.0 Å². The van der Waals surface area contributed by atoms with Gasteiger partial charge in [-0.15, -0.1) is 0 Å². The lowest BCUT2D eigenvalue weighted by Gasteiger charge is -2.19. The van der Waals surface area contributed by atoms with Gasteiger partial charge in [-0.05, 0) is 32.1 Å². The predicted octanol–water partition coefficient (Wildman–Crippen LogP) is 7.93. The van der Waals surface area contributed by atoms with E-state index in [1.807, 2.05) is 0 Å². The maximum Gasteiger partial charge on any atom is 0.472 e. The predicted molar refractivity (Wildman–Crippen MR) is 164 cm³/mol. The Morgan fingerprint density at radius 3 is 1.83 bits per heavy atom. The van der Waals surface area contributed by atoms with Gasteiger partial charge >= 0.3 is 19.8 Å². The third kappa shape index (κ3) is 28.6. The van der Waals surface area contributed by atoms with Crippen molar-refractivity contribution in [1.82, 2.24) is 0 Å². The second-order valence-electron chi connectivity index (χ2n) is 10.7. The van der Waals surface area contributed by atoms with Crippen LogP contribution >= 0.6 is 7.82 Å². The minimum Gasteiger partial charge on any atom is -0.462 e. The molecule has 0 aromatic rings. The summed E-state index contributed by atoms with van der Waals surface area (Å²) in [5.41, 5.74) is 5.30. The summed E-state index contributed by atoms with van der Waals surface area (Å²) in [6, 6.07) is 0. The van der Waals surface area contributed by atoms with Gasteiger partial charge in [0, 0.05) is 19.4 Å². The number of unbranched alkanes of at least 4 members (excludes halogenated alkanes) is 15. The molecule has 0 spiro atoms. The number of ether oxygens (including phenoxy) is 2. The van der Waals surface area contributed by atoms with Crippen LogP contribution in [0.5, 0.6) is 0 Å². The molecule has 0 rings (SSSR count). The fourth-order valence-corrected chi connectivity index (χ4v) is 4.99. The van der Waals surface area contributed by atoms with Crippen LogP contribution in [0, 0.1) is 0 Å². The molecule has 3 N–H and O–H groups in total. The zero-order valence-corrected chi connectivity index (χ0v) is 26.9. The Hall–Kier alpha value is -1.25. The summed E-state index contributed by atoms with van der Waals surface area (Å²) < 4.78 is 32.4. The van der Waals surface area contributed by atoms with Crippen LogP contribution in [0.25, 0.3) is 0 Å². The third-order valence-electron chi connectivity index (χ3n) is 6.63. The van der Waals surface area contributed by atoms with Gasteiger partial charge in [-0.3, -0.25) is 18.6 Å². The van der Waals surface area contributed by atoms with Gasteiger partial charge in [0.25, 0.3) is 0 Å². The number of nitrogens with two attached hydrogens (primary N) is 1. The number of phosphoric acid groups is 1. The minimum absolute atomic E-state index is 0.0540. The lowest BCUT2D eigenvalue weighted by atomic mass is 10.1. The number of rotatable bonds is 30. The maximum atomic E-state index is 12.4. The molecule has 0 aromatic heterocycles. The van der Waals surface area contributed by atoms with Crippen molar-refractivity contribution in [3.05, 3.63) is 12.2 Å².